The normalized spacial score (nSPS) is 21.1. The predicted octanol–water partition coefficient (Wildman–Crippen LogP) is 1.66. The highest BCUT2D eigenvalue weighted by Gasteiger charge is 2.25. The van der Waals surface area contributed by atoms with Gasteiger partial charge in [0.1, 0.15) is 5.75 Å². The third kappa shape index (κ3) is 2.06. The molecule has 1 atom stereocenters. The summed E-state index contributed by atoms with van der Waals surface area (Å²) >= 11 is 0. The van der Waals surface area contributed by atoms with Crippen LogP contribution in [0.25, 0.3) is 0 Å². The van der Waals surface area contributed by atoms with Crippen LogP contribution in [0.15, 0.2) is 18.2 Å². The van der Waals surface area contributed by atoms with Crippen molar-refractivity contribution >= 4 is 0 Å². The molecule has 0 fully saturated rings. The van der Waals surface area contributed by atoms with E-state index in [2.05, 4.69) is 18.7 Å². The highest BCUT2D eigenvalue weighted by atomic mass is 16.3. The highest BCUT2D eigenvalue weighted by Crippen LogP contribution is 2.31. The first-order valence-electron chi connectivity index (χ1n) is 5.87. The number of hydrogen-bond acceptors (Lipinski definition) is 3. The fourth-order valence-electron chi connectivity index (χ4n) is 2.37. The van der Waals surface area contributed by atoms with E-state index in [1.54, 1.807) is 6.07 Å². The second-order valence-electron chi connectivity index (χ2n) is 4.84. The molecule has 16 heavy (non-hydrogen) atoms. The Labute approximate surface area is 96.9 Å². The lowest BCUT2D eigenvalue weighted by Crippen LogP contribution is -2.40. The lowest BCUT2D eigenvalue weighted by molar-refractivity contribution is 0.185. The number of aromatic hydroxyl groups is 1. The van der Waals surface area contributed by atoms with Crippen LogP contribution in [0.4, 0.5) is 0 Å². The van der Waals surface area contributed by atoms with Gasteiger partial charge in [0.05, 0.1) is 0 Å². The van der Waals surface area contributed by atoms with Crippen LogP contribution in [0.1, 0.15) is 30.9 Å². The van der Waals surface area contributed by atoms with Crippen molar-refractivity contribution in [2.75, 3.05) is 13.1 Å². The van der Waals surface area contributed by atoms with E-state index >= 15 is 0 Å². The van der Waals surface area contributed by atoms with Crippen molar-refractivity contribution in [2.45, 2.75) is 32.4 Å². The van der Waals surface area contributed by atoms with Crippen molar-refractivity contribution in [1.29, 1.82) is 0 Å². The van der Waals surface area contributed by atoms with E-state index in [-0.39, 0.29) is 0 Å². The molecule has 1 aliphatic heterocycles. The van der Waals surface area contributed by atoms with Gasteiger partial charge in [0.25, 0.3) is 0 Å². The molecule has 0 aliphatic carbocycles. The zero-order valence-electron chi connectivity index (χ0n) is 9.98. The summed E-state index contributed by atoms with van der Waals surface area (Å²) in [6.45, 7) is 7.01. The van der Waals surface area contributed by atoms with Crippen LogP contribution < -0.4 is 5.73 Å². The zero-order valence-corrected chi connectivity index (χ0v) is 9.98. The molecule has 88 valence electrons. The minimum absolute atomic E-state index is 0.343. The second-order valence-corrected chi connectivity index (χ2v) is 4.84. The van der Waals surface area contributed by atoms with Crippen LogP contribution in [0.2, 0.25) is 0 Å². The van der Waals surface area contributed by atoms with Crippen molar-refractivity contribution in [3.8, 4) is 5.75 Å². The van der Waals surface area contributed by atoms with Gasteiger partial charge in [-0.3, -0.25) is 4.90 Å². The summed E-state index contributed by atoms with van der Waals surface area (Å²) in [6.07, 6.45) is 0. The molecule has 1 aromatic rings. The SMILES string of the molecule is CC(C)N1Cc2ccc(O)cc2C(CN)C1. The average Bonchev–Trinajstić information content (AvgIpc) is 2.27. The lowest BCUT2D eigenvalue weighted by Gasteiger charge is -2.36. The number of phenolic OH excluding ortho intramolecular Hbond substituents is 1. The number of phenols is 1. The number of nitrogens with zero attached hydrogens (tertiary/aromatic N) is 1. The van der Waals surface area contributed by atoms with Crippen LogP contribution in [-0.2, 0) is 6.54 Å². The summed E-state index contributed by atoms with van der Waals surface area (Å²) in [5.74, 6) is 0.688. The first-order chi connectivity index (χ1) is 7.61. The molecule has 1 unspecified atom stereocenters. The van der Waals surface area contributed by atoms with E-state index in [4.69, 9.17) is 5.73 Å². The summed E-state index contributed by atoms with van der Waals surface area (Å²) in [5.41, 5.74) is 8.34. The molecule has 3 nitrogen and oxygen atoms in total. The maximum atomic E-state index is 9.52. The van der Waals surface area contributed by atoms with Crippen molar-refractivity contribution < 1.29 is 5.11 Å². The van der Waals surface area contributed by atoms with Gasteiger partial charge in [0, 0.05) is 31.6 Å². The van der Waals surface area contributed by atoms with Crippen LogP contribution in [0, 0.1) is 0 Å². The molecular weight excluding hydrogens is 200 g/mol. The molecule has 3 heteroatoms. The van der Waals surface area contributed by atoms with Gasteiger partial charge in [-0.1, -0.05) is 6.07 Å². The summed E-state index contributed by atoms with van der Waals surface area (Å²) in [4.78, 5) is 2.43. The fourth-order valence-corrected chi connectivity index (χ4v) is 2.37. The minimum atomic E-state index is 0.343. The minimum Gasteiger partial charge on any atom is -0.508 e. The van der Waals surface area contributed by atoms with Crippen molar-refractivity contribution in [2.24, 2.45) is 5.73 Å². The zero-order chi connectivity index (χ0) is 11.7. The van der Waals surface area contributed by atoms with E-state index in [9.17, 15) is 5.11 Å². The summed E-state index contributed by atoms with van der Waals surface area (Å²) < 4.78 is 0. The predicted molar refractivity (Wildman–Crippen MR) is 65.4 cm³/mol. The Hall–Kier alpha value is -1.06. The first kappa shape index (κ1) is 11.4. The number of fused-ring (bicyclic) bond motifs is 1. The maximum Gasteiger partial charge on any atom is 0.115 e. The average molecular weight is 220 g/mol. The fraction of sp³-hybridized carbons (Fsp3) is 0.538. The third-order valence-corrected chi connectivity index (χ3v) is 3.41. The van der Waals surface area contributed by atoms with Crippen molar-refractivity contribution in [3.05, 3.63) is 29.3 Å². The molecule has 1 aliphatic rings. The van der Waals surface area contributed by atoms with E-state index in [1.807, 2.05) is 12.1 Å². The Morgan fingerprint density at radius 1 is 1.50 bits per heavy atom. The molecule has 1 aromatic carbocycles. The molecule has 1 heterocycles. The molecule has 0 spiro atoms. The van der Waals surface area contributed by atoms with Crippen LogP contribution in [-0.4, -0.2) is 29.1 Å². The first-order valence-corrected chi connectivity index (χ1v) is 5.87. The maximum absolute atomic E-state index is 9.52. The Morgan fingerprint density at radius 3 is 2.88 bits per heavy atom. The largest absolute Gasteiger partial charge is 0.508 e. The molecule has 0 saturated heterocycles. The summed E-state index contributed by atoms with van der Waals surface area (Å²) in [7, 11) is 0. The molecule has 0 aromatic heterocycles. The Bertz CT molecular complexity index is 376. The van der Waals surface area contributed by atoms with Crippen LogP contribution >= 0.6 is 0 Å². The molecule has 2 rings (SSSR count). The van der Waals surface area contributed by atoms with Gasteiger partial charge >= 0.3 is 0 Å². The lowest BCUT2D eigenvalue weighted by atomic mass is 9.89. The number of rotatable bonds is 2. The highest BCUT2D eigenvalue weighted by molar-refractivity contribution is 5.39. The molecule has 0 saturated carbocycles. The Morgan fingerprint density at radius 2 is 2.25 bits per heavy atom. The van der Waals surface area contributed by atoms with Gasteiger partial charge in [0.2, 0.25) is 0 Å². The smallest absolute Gasteiger partial charge is 0.115 e. The van der Waals surface area contributed by atoms with E-state index in [1.165, 1.54) is 11.1 Å². The molecule has 0 amide bonds. The monoisotopic (exact) mass is 220 g/mol. The quantitative estimate of drug-likeness (QED) is 0.797. The summed E-state index contributed by atoms with van der Waals surface area (Å²) in [6, 6.07) is 6.18. The van der Waals surface area contributed by atoms with Gasteiger partial charge in [-0.15, -0.1) is 0 Å². The number of hydrogen-bond donors (Lipinski definition) is 2. The van der Waals surface area contributed by atoms with Crippen molar-refractivity contribution in [3.63, 3.8) is 0 Å². The molecular formula is C13H20N2O. The number of nitrogens with two attached hydrogens (primary N) is 1. The molecule has 0 radical (unpaired) electrons. The van der Waals surface area contributed by atoms with Crippen molar-refractivity contribution in [1.82, 2.24) is 4.90 Å². The molecule has 0 bridgehead atoms. The molecule has 3 N–H and O–H groups in total. The van der Waals surface area contributed by atoms with Gasteiger partial charge < -0.3 is 10.8 Å². The summed E-state index contributed by atoms with van der Waals surface area (Å²) in [5, 5.41) is 9.52. The van der Waals surface area contributed by atoms with Gasteiger partial charge in [-0.25, -0.2) is 0 Å². The van der Waals surface area contributed by atoms with Gasteiger partial charge in [0.15, 0.2) is 0 Å². The van der Waals surface area contributed by atoms with E-state index in [0.29, 0.717) is 24.3 Å². The van der Waals surface area contributed by atoms with E-state index in [0.717, 1.165) is 13.1 Å². The van der Waals surface area contributed by atoms with Gasteiger partial charge in [-0.05, 0) is 37.1 Å². The Kier molecular flexibility index (Phi) is 3.17. The standard InChI is InChI=1S/C13H20N2O/c1-9(2)15-7-10-3-4-12(16)5-13(10)11(6-14)8-15/h3-5,9,11,16H,6-8,14H2,1-2H3. The number of benzene rings is 1. The van der Waals surface area contributed by atoms with Gasteiger partial charge in [-0.2, -0.15) is 0 Å². The Balaban J connectivity index is 2.34. The van der Waals surface area contributed by atoms with E-state index < -0.39 is 0 Å². The second kappa shape index (κ2) is 4.44. The third-order valence-electron chi connectivity index (χ3n) is 3.41. The topological polar surface area (TPSA) is 49.5 Å². The van der Waals surface area contributed by atoms with Crippen LogP contribution in [0.3, 0.4) is 0 Å². The van der Waals surface area contributed by atoms with Crippen LogP contribution in [0.5, 0.6) is 5.75 Å².